The maximum Gasteiger partial charge on any atom is 0.313 e. The predicted molar refractivity (Wildman–Crippen MR) is 116 cm³/mol. The Hall–Kier alpha value is -3.93. The number of rotatable bonds is 6. The van der Waals surface area contributed by atoms with E-state index in [-0.39, 0.29) is 23.2 Å². The number of carbonyl (C=O) groups excluding carboxylic acids is 3. The largest absolute Gasteiger partial charge is 0.348 e. The summed E-state index contributed by atoms with van der Waals surface area (Å²) in [5, 5.41) is 8.02. The van der Waals surface area contributed by atoms with Crippen molar-refractivity contribution in [3.8, 4) is 0 Å². The lowest BCUT2D eigenvalue weighted by atomic mass is 10.1. The van der Waals surface area contributed by atoms with Crippen molar-refractivity contribution in [2.45, 2.75) is 19.5 Å². The van der Waals surface area contributed by atoms with Crippen LogP contribution in [0.5, 0.6) is 0 Å². The monoisotopic (exact) mass is 401 g/mol. The number of benzene rings is 3. The van der Waals surface area contributed by atoms with E-state index in [1.165, 1.54) is 0 Å². The molecule has 6 heteroatoms. The van der Waals surface area contributed by atoms with Crippen molar-refractivity contribution in [2.24, 2.45) is 0 Å². The number of hydrogen-bond donors (Lipinski definition) is 3. The Morgan fingerprint density at radius 1 is 0.767 bits per heavy atom. The van der Waals surface area contributed by atoms with Gasteiger partial charge in [-0.2, -0.15) is 0 Å². The first-order chi connectivity index (χ1) is 14.5. The molecule has 0 radical (unpaired) electrons. The van der Waals surface area contributed by atoms with Crippen molar-refractivity contribution in [3.05, 3.63) is 102 Å². The molecule has 0 unspecified atom stereocenters. The smallest absolute Gasteiger partial charge is 0.313 e. The van der Waals surface area contributed by atoms with Crippen LogP contribution in [-0.4, -0.2) is 17.7 Å². The van der Waals surface area contributed by atoms with E-state index in [1.807, 2.05) is 60.7 Å². The van der Waals surface area contributed by atoms with E-state index in [4.69, 9.17) is 0 Å². The Bertz CT molecular complexity index is 1020. The average Bonchev–Trinajstić information content (AvgIpc) is 2.79. The van der Waals surface area contributed by atoms with Gasteiger partial charge in [0.2, 0.25) is 0 Å². The highest BCUT2D eigenvalue weighted by Crippen LogP contribution is 2.16. The van der Waals surface area contributed by atoms with Crippen molar-refractivity contribution in [1.29, 1.82) is 0 Å². The van der Waals surface area contributed by atoms with Gasteiger partial charge >= 0.3 is 11.8 Å². The molecule has 3 aromatic rings. The highest BCUT2D eigenvalue weighted by Gasteiger charge is 2.19. The number of anilines is 1. The molecule has 0 fully saturated rings. The number of nitrogens with one attached hydrogen (secondary N) is 3. The summed E-state index contributed by atoms with van der Waals surface area (Å²) < 4.78 is 0. The van der Waals surface area contributed by atoms with E-state index in [0.717, 1.165) is 11.1 Å². The lowest BCUT2D eigenvalue weighted by Gasteiger charge is -2.15. The third kappa shape index (κ3) is 5.54. The van der Waals surface area contributed by atoms with Gasteiger partial charge in [-0.1, -0.05) is 72.8 Å². The highest BCUT2D eigenvalue weighted by molar-refractivity contribution is 6.40. The van der Waals surface area contributed by atoms with Crippen molar-refractivity contribution in [3.63, 3.8) is 0 Å². The fourth-order valence-electron chi connectivity index (χ4n) is 2.93. The molecule has 0 spiro atoms. The molecule has 0 aromatic heterocycles. The fourth-order valence-corrected chi connectivity index (χ4v) is 2.93. The van der Waals surface area contributed by atoms with E-state index < -0.39 is 11.8 Å². The molecule has 0 aliphatic carbocycles. The van der Waals surface area contributed by atoms with Crippen LogP contribution in [-0.2, 0) is 16.1 Å². The van der Waals surface area contributed by atoms with E-state index >= 15 is 0 Å². The lowest BCUT2D eigenvalue weighted by Crippen LogP contribution is -2.37. The quantitative estimate of drug-likeness (QED) is 0.553. The zero-order valence-electron chi connectivity index (χ0n) is 16.6. The first kappa shape index (κ1) is 20.8. The van der Waals surface area contributed by atoms with Gasteiger partial charge in [0.25, 0.3) is 5.91 Å². The Labute approximate surface area is 175 Å². The molecule has 0 saturated heterocycles. The van der Waals surface area contributed by atoms with Gasteiger partial charge in [-0.15, -0.1) is 0 Å². The summed E-state index contributed by atoms with van der Waals surface area (Å²) in [6, 6.07) is 25.1. The summed E-state index contributed by atoms with van der Waals surface area (Å²) in [6.07, 6.45) is 0. The summed E-state index contributed by atoms with van der Waals surface area (Å²) >= 11 is 0. The average molecular weight is 401 g/mol. The van der Waals surface area contributed by atoms with E-state index in [2.05, 4.69) is 16.0 Å². The Morgan fingerprint density at radius 2 is 1.37 bits per heavy atom. The van der Waals surface area contributed by atoms with Gasteiger partial charge < -0.3 is 16.0 Å². The summed E-state index contributed by atoms with van der Waals surface area (Å²) in [5.41, 5.74) is 2.40. The van der Waals surface area contributed by atoms with Crippen LogP contribution in [0.15, 0.2) is 84.9 Å². The number of carbonyl (C=O) groups is 3. The predicted octanol–water partition coefficient (Wildman–Crippen LogP) is 3.43. The normalized spacial score (nSPS) is 11.2. The van der Waals surface area contributed by atoms with Gasteiger partial charge in [0, 0.05) is 6.54 Å². The van der Waals surface area contributed by atoms with E-state index in [1.54, 1.807) is 31.2 Å². The lowest BCUT2D eigenvalue weighted by molar-refractivity contribution is -0.136. The van der Waals surface area contributed by atoms with Crippen LogP contribution in [0.4, 0.5) is 5.69 Å². The second kappa shape index (κ2) is 10.0. The molecule has 0 bridgehead atoms. The molecular weight excluding hydrogens is 378 g/mol. The first-order valence-corrected chi connectivity index (χ1v) is 9.62. The van der Waals surface area contributed by atoms with Crippen molar-refractivity contribution < 1.29 is 14.4 Å². The molecule has 3 rings (SSSR count). The molecule has 0 heterocycles. The summed E-state index contributed by atoms with van der Waals surface area (Å²) in [4.78, 5) is 37.3. The van der Waals surface area contributed by atoms with Crippen LogP contribution in [0.1, 0.15) is 34.5 Å². The van der Waals surface area contributed by atoms with Crippen LogP contribution in [0.25, 0.3) is 0 Å². The first-order valence-electron chi connectivity index (χ1n) is 9.62. The number of para-hydroxylation sites is 1. The van der Waals surface area contributed by atoms with Gasteiger partial charge in [-0.25, -0.2) is 0 Å². The zero-order chi connectivity index (χ0) is 21.3. The molecule has 3 N–H and O–H groups in total. The number of hydrogen-bond acceptors (Lipinski definition) is 3. The van der Waals surface area contributed by atoms with Gasteiger partial charge in [0.05, 0.1) is 17.3 Å². The van der Waals surface area contributed by atoms with Crippen LogP contribution < -0.4 is 16.0 Å². The van der Waals surface area contributed by atoms with Crippen LogP contribution in [0, 0.1) is 0 Å². The summed E-state index contributed by atoms with van der Waals surface area (Å²) in [6.45, 7) is 2.16. The molecule has 0 aliphatic heterocycles. The molecule has 152 valence electrons. The maximum absolute atomic E-state index is 12.6. The van der Waals surface area contributed by atoms with Crippen molar-refractivity contribution in [1.82, 2.24) is 10.6 Å². The summed E-state index contributed by atoms with van der Waals surface area (Å²) in [5.74, 6) is -1.94. The van der Waals surface area contributed by atoms with Crippen LogP contribution in [0.3, 0.4) is 0 Å². The zero-order valence-corrected chi connectivity index (χ0v) is 16.6. The Balaban J connectivity index is 1.62. The fraction of sp³-hybridized carbons (Fsp3) is 0.125. The molecule has 3 aromatic carbocycles. The topological polar surface area (TPSA) is 87.3 Å². The van der Waals surface area contributed by atoms with Gasteiger partial charge in [0.1, 0.15) is 0 Å². The molecule has 3 amide bonds. The van der Waals surface area contributed by atoms with Gasteiger partial charge in [-0.05, 0) is 30.2 Å². The van der Waals surface area contributed by atoms with Crippen molar-refractivity contribution >= 4 is 23.4 Å². The third-order valence-electron chi connectivity index (χ3n) is 4.57. The molecule has 6 nitrogen and oxygen atoms in total. The SMILES string of the molecule is C[C@@H](NC(=O)C(=O)Nc1ccccc1C(=O)NCc1ccccc1)c1ccccc1. The Kier molecular flexibility index (Phi) is 6.95. The molecule has 0 aliphatic rings. The van der Waals surface area contributed by atoms with Crippen molar-refractivity contribution in [2.75, 3.05) is 5.32 Å². The maximum atomic E-state index is 12.6. The molecule has 1 atom stereocenters. The minimum atomic E-state index is -0.832. The van der Waals surface area contributed by atoms with Crippen LogP contribution >= 0.6 is 0 Å². The van der Waals surface area contributed by atoms with Crippen LogP contribution in [0.2, 0.25) is 0 Å². The minimum Gasteiger partial charge on any atom is -0.348 e. The van der Waals surface area contributed by atoms with Gasteiger partial charge in [-0.3, -0.25) is 14.4 Å². The second-order valence-corrected chi connectivity index (χ2v) is 6.77. The molecule has 0 saturated carbocycles. The second-order valence-electron chi connectivity index (χ2n) is 6.77. The number of amides is 3. The molecule has 30 heavy (non-hydrogen) atoms. The molecular formula is C24H23N3O3. The standard InChI is InChI=1S/C24H23N3O3/c1-17(19-12-6-3-7-13-19)26-23(29)24(30)27-21-15-9-8-14-20(21)22(28)25-16-18-10-4-2-5-11-18/h2-15,17H,16H2,1H3,(H,25,28)(H,26,29)(H,27,30)/t17-/m1/s1. The minimum absolute atomic E-state index is 0.274. The highest BCUT2D eigenvalue weighted by atomic mass is 16.2. The van der Waals surface area contributed by atoms with Gasteiger partial charge in [0.15, 0.2) is 0 Å². The Morgan fingerprint density at radius 3 is 2.07 bits per heavy atom. The van der Waals surface area contributed by atoms with E-state index in [0.29, 0.717) is 6.54 Å². The van der Waals surface area contributed by atoms with E-state index in [9.17, 15) is 14.4 Å². The third-order valence-corrected chi connectivity index (χ3v) is 4.57. The summed E-state index contributed by atoms with van der Waals surface area (Å²) in [7, 11) is 0.